The van der Waals surface area contributed by atoms with Gasteiger partial charge in [-0.05, 0) is 92.8 Å². The predicted molar refractivity (Wildman–Crippen MR) is 148 cm³/mol. The van der Waals surface area contributed by atoms with Crippen LogP contribution in [0.5, 0.6) is 5.75 Å². The van der Waals surface area contributed by atoms with Crippen LogP contribution < -0.4 is 9.64 Å². The fourth-order valence-electron chi connectivity index (χ4n) is 4.81. The van der Waals surface area contributed by atoms with Gasteiger partial charge in [-0.1, -0.05) is 35.9 Å². The van der Waals surface area contributed by atoms with Gasteiger partial charge in [0, 0.05) is 11.6 Å². The van der Waals surface area contributed by atoms with Crippen LogP contribution in [0.25, 0.3) is 0 Å². The quantitative estimate of drug-likeness (QED) is 0.344. The number of amides is 2. The number of ether oxygens (including phenoxy) is 1. The molecule has 0 bridgehead atoms. The smallest absolute Gasteiger partial charge is 0.252 e. The first kappa shape index (κ1) is 27.8. The van der Waals surface area contributed by atoms with E-state index < -0.39 is 27.9 Å². The zero-order valence-electron chi connectivity index (χ0n) is 22.1. The summed E-state index contributed by atoms with van der Waals surface area (Å²) in [5.41, 5.74) is 3.77. The van der Waals surface area contributed by atoms with Crippen LogP contribution in [-0.4, -0.2) is 37.2 Å². The van der Waals surface area contributed by atoms with Crippen LogP contribution in [0, 0.1) is 27.7 Å². The molecular weight excluding hydrogens is 524 g/mol. The first-order valence-electron chi connectivity index (χ1n) is 12.4. The topological polar surface area (TPSA) is 84.0 Å². The molecule has 38 heavy (non-hydrogen) atoms. The van der Waals surface area contributed by atoms with Gasteiger partial charge in [0.05, 0.1) is 23.6 Å². The Hall–Kier alpha value is -3.20. The highest BCUT2D eigenvalue weighted by atomic mass is 35.5. The van der Waals surface area contributed by atoms with Gasteiger partial charge in [0.2, 0.25) is 15.9 Å². The second-order valence-electron chi connectivity index (χ2n) is 9.45. The van der Waals surface area contributed by atoms with Gasteiger partial charge in [-0.2, -0.15) is 4.31 Å². The number of benzene rings is 3. The third-order valence-electron chi connectivity index (χ3n) is 7.02. The molecule has 1 atom stereocenters. The van der Waals surface area contributed by atoms with Crippen LogP contribution in [0.3, 0.4) is 0 Å². The minimum Gasteiger partial charge on any atom is -0.494 e. The van der Waals surface area contributed by atoms with Gasteiger partial charge in [0.25, 0.3) is 5.91 Å². The van der Waals surface area contributed by atoms with E-state index in [0.29, 0.717) is 39.8 Å². The van der Waals surface area contributed by atoms with Crippen molar-refractivity contribution in [2.24, 2.45) is 0 Å². The summed E-state index contributed by atoms with van der Waals surface area (Å²) in [7, 11) is -4.23. The van der Waals surface area contributed by atoms with Gasteiger partial charge in [0.15, 0.2) is 0 Å². The average molecular weight is 555 g/mol. The summed E-state index contributed by atoms with van der Waals surface area (Å²) in [6.45, 7) is 9.42. The molecule has 0 aliphatic carbocycles. The molecule has 0 N–H and O–H groups in total. The number of hydrogen-bond donors (Lipinski definition) is 0. The Kier molecular flexibility index (Phi) is 7.97. The maximum absolute atomic E-state index is 14.4. The molecule has 4 rings (SSSR count). The highest BCUT2D eigenvalue weighted by molar-refractivity contribution is 7.89. The lowest BCUT2D eigenvalue weighted by Gasteiger charge is -2.29. The fourth-order valence-corrected chi connectivity index (χ4v) is 7.15. The Morgan fingerprint density at radius 1 is 0.974 bits per heavy atom. The number of anilines is 1. The van der Waals surface area contributed by atoms with Crippen molar-refractivity contribution < 1.29 is 22.7 Å². The van der Waals surface area contributed by atoms with Crippen LogP contribution in [-0.2, 0) is 26.2 Å². The molecule has 1 heterocycles. The van der Waals surface area contributed by atoms with Crippen molar-refractivity contribution in [3.63, 3.8) is 0 Å². The fraction of sp³-hybridized carbons (Fsp3) is 0.310. The van der Waals surface area contributed by atoms with Gasteiger partial charge in [-0.15, -0.1) is 0 Å². The Labute approximate surface area is 229 Å². The van der Waals surface area contributed by atoms with Crippen molar-refractivity contribution in [2.75, 3.05) is 11.5 Å². The van der Waals surface area contributed by atoms with Crippen LogP contribution in [0.2, 0.25) is 5.02 Å². The van der Waals surface area contributed by atoms with Gasteiger partial charge in [0.1, 0.15) is 11.8 Å². The van der Waals surface area contributed by atoms with Crippen molar-refractivity contribution >= 4 is 39.1 Å². The van der Waals surface area contributed by atoms with E-state index in [1.54, 1.807) is 62.4 Å². The molecule has 1 saturated heterocycles. The monoisotopic (exact) mass is 554 g/mol. The first-order chi connectivity index (χ1) is 18.0. The molecule has 0 aromatic heterocycles. The second-order valence-corrected chi connectivity index (χ2v) is 11.7. The number of hydrogen-bond acceptors (Lipinski definition) is 5. The zero-order valence-corrected chi connectivity index (χ0v) is 23.7. The van der Waals surface area contributed by atoms with Gasteiger partial charge < -0.3 is 4.74 Å². The predicted octanol–water partition coefficient (Wildman–Crippen LogP) is 5.50. The summed E-state index contributed by atoms with van der Waals surface area (Å²) in [6, 6.07) is 14.2. The molecule has 9 heteroatoms. The normalized spacial score (nSPS) is 16.0. The Bertz CT molecular complexity index is 1480. The molecular formula is C29H31ClN2O5S. The Morgan fingerprint density at radius 2 is 1.58 bits per heavy atom. The van der Waals surface area contributed by atoms with Crippen molar-refractivity contribution in [2.45, 2.75) is 58.5 Å². The summed E-state index contributed by atoms with van der Waals surface area (Å²) < 4.78 is 35.4. The van der Waals surface area contributed by atoms with E-state index in [1.165, 1.54) is 0 Å². The minimum absolute atomic E-state index is 0.154. The third kappa shape index (κ3) is 5.08. The van der Waals surface area contributed by atoms with E-state index in [2.05, 4.69) is 0 Å². The van der Waals surface area contributed by atoms with E-state index in [1.807, 2.05) is 26.8 Å². The molecule has 1 aliphatic rings. The first-order valence-corrected chi connectivity index (χ1v) is 14.2. The van der Waals surface area contributed by atoms with Crippen LogP contribution >= 0.6 is 11.6 Å². The lowest BCUT2D eigenvalue weighted by Crippen LogP contribution is -2.45. The molecule has 3 aromatic carbocycles. The van der Waals surface area contributed by atoms with E-state index in [9.17, 15) is 18.0 Å². The molecule has 0 spiro atoms. The Balaban J connectivity index is 1.82. The molecule has 1 fully saturated rings. The molecule has 0 saturated carbocycles. The van der Waals surface area contributed by atoms with E-state index in [4.69, 9.17) is 16.3 Å². The number of carbonyl (C=O) groups is 2. The number of rotatable bonds is 8. The second kappa shape index (κ2) is 10.9. The van der Waals surface area contributed by atoms with E-state index in [0.717, 1.165) is 20.3 Å². The van der Waals surface area contributed by atoms with Crippen molar-refractivity contribution in [3.8, 4) is 5.75 Å². The van der Waals surface area contributed by atoms with Gasteiger partial charge >= 0.3 is 0 Å². The van der Waals surface area contributed by atoms with Crippen molar-refractivity contribution in [3.05, 3.63) is 87.4 Å². The molecule has 2 amide bonds. The number of sulfonamides is 1. The maximum atomic E-state index is 14.4. The Morgan fingerprint density at radius 3 is 2.16 bits per heavy atom. The van der Waals surface area contributed by atoms with Crippen LogP contribution in [0.4, 0.5) is 5.69 Å². The number of nitrogens with zero attached hydrogens (tertiary/aromatic N) is 2. The SMILES string of the molecule is CCOc1ccc(N2C(=O)CC(N(Cc3ccccc3Cl)S(=O)(=O)c3c(C)c(C)cc(C)c3C)C2=O)cc1. The van der Waals surface area contributed by atoms with Gasteiger partial charge in [-0.25, -0.2) is 13.3 Å². The average Bonchev–Trinajstić information content (AvgIpc) is 3.16. The van der Waals surface area contributed by atoms with Crippen molar-refractivity contribution in [1.29, 1.82) is 0 Å². The van der Waals surface area contributed by atoms with E-state index in [-0.39, 0.29) is 17.9 Å². The van der Waals surface area contributed by atoms with E-state index >= 15 is 0 Å². The zero-order chi connectivity index (χ0) is 27.8. The number of carbonyl (C=O) groups excluding carboxylic acids is 2. The number of aryl methyl sites for hydroxylation is 2. The molecule has 1 unspecified atom stereocenters. The minimum atomic E-state index is -4.23. The summed E-state index contributed by atoms with van der Waals surface area (Å²) in [5.74, 6) is -0.470. The summed E-state index contributed by atoms with van der Waals surface area (Å²) in [4.78, 5) is 28.1. The lowest BCUT2D eigenvalue weighted by molar-refractivity contribution is -0.122. The summed E-state index contributed by atoms with van der Waals surface area (Å²) >= 11 is 6.42. The largest absolute Gasteiger partial charge is 0.494 e. The highest BCUT2D eigenvalue weighted by Crippen LogP contribution is 2.35. The molecule has 7 nitrogen and oxygen atoms in total. The molecule has 0 radical (unpaired) electrons. The lowest BCUT2D eigenvalue weighted by atomic mass is 10.0. The summed E-state index contributed by atoms with van der Waals surface area (Å²) in [6.07, 6.45) is -0.279. The molecule has 200 valence electrons. The van der Waals surface area contributed by atoms with Crippen molar-refractivity contribution in [1.82, 2.24) is 4.31 Å². The van der Waals surface area contributed by atoms with Crippen LogP contribution in [0.15, 0.2) is 59.5 Å². The molecule has 3 aromatic rings. The number of halogens is 1. The third-order valence-corrected chi connectivity index (χ3v) is 9.52. The highest BCUT2D eigenvalue weighted by Gasteiger charge is 2.47. The standard InChI is InChI=1S/C29H31ClN2O5S/c1-6-37-24-13-11-23(12-14-24)32-27(33)16-26(29(32)34)31(17-22-9-7-8-10-25(22)30)38(35,36)28-20(4)18(2)15-19(3)21(28)5/h7-15,26H,6,16-17H2,1-5H3. The molecule has 1 aliphatic heterocycles. The number of imide groups is 1. The summed E-state index contributed by atoms with van der Waals surface area (Å²) in [5, 5.41) is 0.377. The maximum Gasteiger partial charge on any atom is 0.252 e. The van der Waals surface area contributed by atoms with Crippen LogP contribution in [0.1, 0.15) is 41.2 Å². The van der Waals surface area contributed by atoms with Gasteiger partial charge in [-0.3, -0.25) is 9.59 Å².